The van der Waals surface area contributed by atoms with Crippen molar-refractivity contribution in [2.75, 3.05) is 25.0 Å². The summed E-state index contributed by atoms with van der Waals surface area (Å²) in [4.78, 5) is 21.3. The highest BCUT2D eigenvalue weighted by Crippen LogP contribution is 2.25. The van der Waals surface area contributed by atoms with Crippen molar-refractivity contribution in [3.8, 4) is 0 Å². The summed E-state index contributed by atoms with van der Waals surface area (Å²) in [6.07, 6.45) is 4.27. The number of hydrogen-bond acceptors (Lipinski definition) is 4. The average molecular weight is 337 g/mol. The lowest BCUT2D eigenvalue weighted by molar-refractivity contribution is 0.315. The third-order valence-electron chi connectivity index (χ3n) is 4.74. The van der Waals surface area contributed by atoms with Gasteiger partial charge in [-0.1, -0.05) is 18.2 Å². The van der Waals surface area contributed by atoms with E-state index in [1.54, 1.807) is 12.3 Å². The van der Waals surface area contributed by atoms with Crippen LogP contribution in [0.3, 0.4) is 0 Å². The molecule has 25 heavy (non-hydrogen) atoms. The average Bonchev–Trinajstić information content (AvgIpc) is 3.26. The molecule has 2 aromatic heterocycles. The molecule has 130 valence electrons. The van der Waals surface area contributed by atoms with Crippen molar-refractivity contribution in [3.05, 3.63) is 64.2 Å². The van der Waals surface area contributed by atoms with Gasteiger partial charge in [0.05, 0.1) is 5.69 Å². The molecular formula is C19H23N5O. The van der Waals surface area contributed by atoms with Gasteiger partial charge in [-0.3, -0.25) is 14.8 Å². The van der Waals surface area contributed by atoms with Crippen molar-refractivity contribution in [1.82, 2.24) is 19.5 Å². The predicted octanol–water partition coefficient (Wildman–Crippen LogP) is 2.25. The normalized spacial score (nSPS) is 14.7. The second kappa shape index (κ2) is 6.72. The van der Waals surface area contributed by atoms with Crippen LogP contribution in [-0.2, 0) is 13.1 Å². The van der Waals surface area contributed by atoms with Gasteiger partial charge >= 0.3 is 0 Å². The smallest absolute Gasteiger partial charge is 0.272 e. The highest BCUT2D eigenvalue weighted by atomic mass is 16.1. The van der Waals surface area contributed by atoms with Gasteiger partial charge in [-0.2, -0.15) is 0 Å². The number of rotatable bonds is 5. The molecule has 0 unspecified atom stereocenters. The molecule has 0 saturated carbocycles. The quantitative estimate of drug-likeness (QED) is 0.776. The molecule has 0 bridgehead atoms. The van der Waals surface area contributed by atoms with E-state index in [1.807, 2.05) is 6.07 Å². The largest absolute Gasteiger partial charge is 0.371 e. The third-order valence-corrected chi connectivity index (χ3v) is 4.74. The standard InChI is InChI=1S/C19H23N5O/c1-22(14-16-12-19(25)24-18(21-16)8-9-20-24)13-15-6-2-3-7-17(15)23-10-4-5-11-23/h2-3,6-9,12,20H,4-5,10-11,13-14H2,1H3. The van der Waals surface area contributed by atoms with Crippen LogP contribution in [0.1, 0.15) is 24.1 Å². The van der Waals surface area contributed by atoms with E-state index in [0.717, 1.165) is 25.3 Å². The van der Waals surface area contributed by atoms with E-state index in [2.05, 4.69) is 51.2 Å². The van der Waals surface area contributed by atoms with E-state index in [4.69, 9.17) is 0 Å². The maximum atomic E-state index is 12.1. The van der Waals surface area contributed by atoms with Crippen molar-refractivity contribution in [2.45, 2.75) is 25.9 Å². The number of H-pyrrole nitrogens is 1. The first-order valence-electron chi connectivity index (χ1n) is 8.78. The maximum absolute atomic E-state index is 12.1. The van der Waals surface area contributed by atoms with Crippen molar-refractivity contribution in [2.24, 2.45) is 0 Å². The van der Waals surface area contributed by atoms with Crippen LogP contribution >= 0.6 is 0 Å². The number of para-hydroxylation sites is 1. The number of aromatic nitrogens is 3. The van der Waals surface area contributed by atoms with E-state index >= 15 is 0 Å². The summed E-state index contributed by atoms with van der Waals surface area (Å²) in [6, 6.07) is 12.0. The van der Waals surface area contributed by atoms with Gasteiger partial charge in [-0.15, -0.1) is 0 Å². The minimum atomic E-state index is -0.0733. The summed E-state index contributed by atoms with van der Waals surface area (Å²) in [5, 5.41) is 2.87. The minimum Gasteiger partial charge on any atom is -0.371 e. The topological polar surface area (TPSA) is 56.6 Å². The molecule has 1 aliphatic rings. The highest BCUT2D eigenvalue weighted by molar-refractivity contribution is 5.54. The Morgan fingerprint density at radius 1 is 1.16 bits per heavy atom. The summed E-state index contributed by atoms with van der Waals surface area (Å²) in [5.41, 5.74) is 4.04. The molecule has 6 nitrogen and oxygen atoms in total. The van der Waals surface area contributed by atoms with E-state index < -0.39 is 0 Å². The molecule has 1 saturated heterocycles. The highest BCUT2D eigenvalue weighted by Gasteiger charge is 2.16. The lowest BCUT2D eigenvalue weighted by atomic mass is 10.1. The molecular weight excluding hydrogens is 314 g/mol. The van der Waals surface area contributed by atoms with E-state index in [9.17, 15) is 4.79 Å². The summed E-state index contributed by atoms with van der Waals surface area (Å²) < 4.78 is 1.45. The lowest BCUT2D eigenvalue weighted by Crippen LogP contribution is -2.24. The van der Waals surface area contributed by atoms with Crippen molar-refractivity contribution in [1.29, 1.82) is 0 Å². The Morgan fingerprint density at radius 2 is 1.96 bits per heavy atom. The van der Waals surface area contributed by atoms with Gasteiger partial charge in [0.15, 0.2) is 5.65 Å². The summed E-state index contributed by atoms with van der Waals surface area (Å²) in [6.45, 7) is 3.76. The Morgan fingerprint density at radius 3 is 2.80 bits per heavy atom. The Hall–Kier alpha value is -2.60. The number of aromatic amines is 1. The number of anilines is 1. The van der Waals surface area contributed by atoms with E-state index in [-0.39, 0.29) is 5.56 Å². The van der Waals surface area contributed by atoms with Gasteiger partial charge < -0.3 is 4.90 Å². The van der Waals surface area contributed by atoms with Gasteiger partial charge in [0, 0.05) is 50.2 Å². The first-order valence-corrected chi connectivity index (χ1v) is 8.78. The van der Waals surface area contributed by atoms with Gasteiger partial charge in [-0.05, 0) is 31.5 Å². The van der Waals surface area contributed by atoms with Crippen LogP contribution in [0.25, 0.3) is 5.65 Å². The third kappa shape index (κ3) is 3.30. The fourth-order valence-electron chi connectivity index (χ4n) is 3.59. The van der Waals surface area contributed by atoms with Crippen molar-refractivity contribution >= 4 is 11.3 Å². The summed E-state index contributed by atoms with van der Waals surface area (Å²) in [7, 11) is 2.07. The molecule has 1 aliphatic heterocycles. The Labute approximate surface area is 146 Å². The summed E-state index contributed by atoms with van der Waals surface area (Å²) >= 11 is 0. The molecule has 1 fully saturated rings. The van der Waals surface area contributed by atoms with Crippen LogP contribution in [-0.4, -0.2) is 39.6 Å². The monoisotopic (exact) mass is 337 g/mol. The number of fused-ring (bicyclic) bond motifs is 1. The SMILES string of the molecule is CN(Cc1cc(=O)n2[nH]ccc2n1)Cc1ccccc1N1CCCC1. The van der Waals surface area contributed by atoms with Crippen LogP contribution in [0.15, 0.2) is 47.4 Å². The zero-order chi connectivity index (χ0) is 17.2. The summed E-state index contributed by atoms with van der Waals surface area (Å²) in [5.74, 6) is 0. The van der Waals surface area contributed by atoms with Crippen LogP contribution in [0.2, 0.25) is 0 Å². The number of benzene rings is 1. The van der Waals surface area contributed by atoms with Crippen LogP contribution < -0.4 is 10.5 Å². The Balaban J connectivity index is 1.52. The second-order valence-electron chi connectivity index (χ2n) is 6.74. The van der Waals surface area contributed by atoms with Gasteiger partial charge in [0.1, 0.15) is 0 Å². The molecule has 0 spiro atoms. The fraction of sp³-hybridized carbons (Fsp3) is 0.368. The van der Waals surface area contributed by atoms with Gasteiger partial charge in [0.25, 0.3) is 5.56 Å². The Kier molecular flexibility index (Phi) is 4.28. The van der Waals surface area contributed by atoms with E-state index in [1.165, 1.54) is 28.6 Å². The first kappa shape index (κ1) is 15.9. The number of nitrogens with one attached hydrogen (secondary N) is 1. The minimum absolute atomic E-state index is 0.0733. The maximum Gasteiger partial charge on any atom is 0.272 e. The molecule has 6 heteroatoms. The van der Waals surface area contributed by atoms with Crippen molar-refractivity contribution in [3.63, 3.8) is 0 Å². The molecule has 0 amide bonds. The fourth-order valence-corrected chi connectivity index (χ4v) is 3.59. The molecule has 1 N–H and O–H groups in total. The molecule has 3 heterocycles. The van der Waals surface area contributed by atoms with Crippen molar-refractivity contribution < 1.29 is 0 Å². The molecule has 1 aromatic carbocycles. The van der Waals surface area contributed by atoms with Crippen LogP contribution in [0.5, 0.6) is 0 Å². The molecule has 4 rings (SSSR count). The molecule has 0 aliphatic carbocycles. The number of hydrogen-bond donors (Lipinski definition) is 1. The van der Waals surface area contributed by atoms with Crippen LogP contribution in [0, 0.1) is 0 Å². The first-order chi connectivity index (χ1) is 12.2. The van der Waals surface area contributed by atoms with E-state index in [0.29, 0.717) is 12.2 Å². The zero-order valence-corrected chi connectivity index (χ0v) is 14.5. The predicted molar refractivity (Wildman–Crippen MR) is 98.9 cm³/mol. The second-order valence-corrected chi connectivity index (χ2v) is 6.74. The Bertz CT molecular complexity index is 923. The lowest BCUT2D eigenvalue weighted by Gasteiger charge is -2.24. The zero-order valence-electron chi connectivity index (χ0n) is 14.5. The molecule has 0 atom stereocenters. The molecule has 0 radical (unpaired) electrons. The van der Waals surface area contributed by atoms with Crippen LogP contribution in [0.4, 0.5) is 5.69 Å². The van der Waals surface area contributed by atoms with Gasteiger partial charge in [-0.25, -0.2) is 9.50 Å². The molecule has 3 aromatic rings. The number of nitrogens with zero attached hydrogens (tertiary/aromatic N) is 4. The van der Waals surface area contributed by atoms with Gasteiger partial charge in [0.2, 0.25) is 0 Å².